The van der Waals surface area contributed by atoms with Gasteiger partial charge in [0.2, 0.25) is 11.9 Å². The Balaban J connectivity index is 1.20. The highest BCUT2D eigenvalue weighted by Crippen LogP contribution is 2.42. The largest absolute Gasteiger partial charge is 0.453 e. The third-order valence-electron chi connectivity index (χ3n) is 14.4. The molecule has 3 saturated heterocycles. The third-order valence-corrected chi connectivity index (χ3v) is 14.4. The van der Waals surface area contributed by atoms with E-state index in [1.807, 2.05) is 10.6 Å². The van der Waals surface area contributed by atoms with Gasteiger partial charge >= 0.3 is 24.5 Å². The molecule has 4 aromatic rings. The molecule has 0 radical (unpaired) electrons. The molecule has 19 nitrogen and oxygen atoms in total. The minimum absolute atomic E-state index is 0.0957. The number of anilines is 1. The SMILES string of the molecule is COC(=O)NC(C(=O)N[C@@H](Cc1ccc(-c2cnc(N3CC4CCC(C3)N4C3COC3)nc2)cc1)[C@@H](O)CN(Cc1c(F)cc(-c2ncccn2)cc1F)NC(=O)[C@@H](NC(=O)OC)C(C)(C)C(F)(F)F)C(C)(C)C(F)(F)F. The Bertz CT molecular complexity index is 2680. The number of rotatable bonds is 19. The van der Waals surface area contributed by atoms with E-state index in [2.05, 4.69) is 50.0 Å². The smallest absolute Gasteiger partial charge is 0.407 e. The number of aliphatic hydroxyl groups excluding tert-OH is 1. The van der Waals surface area contributed by atoms with Crippen molar-refractivity contribution in [2.24, 2.45) is 10.8 Å². The fourth-order valence-corrected chi connectivity index (χ4v) is 9.43. The van der Waals surface area contributed by atoms with Gasteiger partial charge in [0.05, 0.1) is 56.5 Å². The molecule has 0 saturated carbocycles. The van der Waals surface area contributed by atoms with Crippen LogP contribution in [0.1, 0.15) is 51.7 Å². The van der Waals surface area contributed by atoms with Gasteiger partial charge < -0.3 is 40.2 Å². The second kappa shape index (κ2) is 23.4. The highest BCUT2D eigenvalue weighted by molar-refractivity contribution is 5.87. The Hall–Kier alpha value is -6.84. The number of hydrazine groups is 1. The molecule has 7 rings (SSSR count). The van der Waals surface area contributed by atoms with E-state index in [0.29, 0.717) is 73.5 Å². The van der Waals surface area contributed by atoms with Crippen LogP contribution >= 0.6 is 0 Å². The number of aromatic nitrogens is 4. The number of piperazine rings is 1. The van der Waals surface area contributed by atoms with E-state index in [-0.39, 0.29) is 11.4 Å². The van der Waals surface area contributed by atoms with Gasteiger partial charge in [0.1, 0.15) is 23.7 Å². The summed E-state index contributed by atoms with van der Waals surface area (Å²) >= 11 is 0. The van der Waals surface area contributed by atoms with E-state index in [4.69, 9.17) is 4.74 Å². The van der Waals surface area contributed by atoms with Gasteiger partial charge in [-0.3, -0.25) is 19.9 Å². The molecule has 27 heteroatoms. The van der Waals surface area contributed by atoms with Gasteiger partial charge in [-0.2, -0.15) is 26.3 Å². The number of nitrogens with one attached hydrogen (secondary N) is 4. The monoisotopic (exact) mass is 1090 g/mol. The number of carbonyl (C=O) groups excluding carboxylic acids is 4. The Labute approximate surface area is 437 Å². The number of hydrogen-bond acceptors (Lipinski definition) is 15. The maximum absolute atomic E-state index is 16.0. The second-order valence-electron chi connectivity index (χ2n) is 20.2. The Morgan fingerprint density at radius 2 is 1.26 bits per heavy atom. The van der Waals surface area contributed by atoms with Crippen LogP contribution in [-0.2, 0) is 36.8 Å². The molecule has 0 aliphatic carbocycles. The number of aliphatic hydroxyl groups is 1. The van der Waals surface area contributed by atoms with Gasteiger partial charge in [-0.1, -0.05) is 24.3 Å². The molecule has 6 atom stereocenters. The van der Waals surface area contributed by atoms with Crippen LogP contribution in [0.25, 0.3) is 22.5 Å². The van der Waals surface area contributed by atoms with E-state index in [9.17, 15) is 50.6 Å². The van der Waals surface area contributed by atoms with Crippen LogP contribution in [-0.4, -0.2) is 161 Å². The first-order valence-corrected chi connectivity index (χ1v) is 24.3. The van der Waals surface area contributed by atoms with Gasteiger partial charge in [0.25, 0.3) is 5.91 Å². The van der Waals surface area contributed by atoms with Crippen LogP contribution in [0.5, 0.6) is 0 Å². The highest BCUT2D eigenvalue weighted by atomic mass is 19.4. The normalized spacial score (nSPS) is 18.9. The summed E-state index contributed by atoms with van der Waals surface area (Å²) in [6, 6.07) is 4.01. The molecule has 2 bridgehead atoms. The van der Waals surface area contributed by atoms with Crippen LogP contribution in [0.3, 0.4) is 0 Å². The standard InChI is InChI=1S/C50H59F8N11O8/c1-47(2,49(53,54)55)39(64-45(73)75-5)42(71)63-37(16-27-8-10-28(11-9-27)30-19-61-44(62-20-30)67-21-31-12-13-32(22-67)69(31)33-25-77-26-33)38(70)24-68(66-43(72)40(65-46(74)76-6)48(3,4)50(56,57)58)23-34-35(51)17-29(18-36(34)52)41-59-14-7-15-60-41/h7-11,14-15,17-20,31-33,37-40,70H,12-13,16,21-26H2,1-6H3,(H,63,71)(H,64,73)(H,65,74)(H,66,72)/t31?,32?,37-,38-,39?,40+/m0/s1. The maximum atomic E-state index is 16.0. The molecule has 3 unspecified atom stereocenters. The van der Waals surface area contributed by atoms with Crippen LogP contribution in [0, 0.1) is 22.5 Å². The van der Waals surface area contributed by atoms with Crippen molar-refractivity contribution in [2.75, 3.05) is 52.0 Å². The lowest BCUT2D eigenvalue weighted by Crippen LogP contribution is -2.63. The van der Waals surface area contributed by atoms with Crippen molar-refractivity contribution in [3.8, 4) is 22.5 Å². The van der Waals surface area contributed by atoms with Crippen LogP contribution in [0.2, 0.25) is 0 Å². The topological polar surface area (TPSA) is 226 Å². The molecule has 5 N–H and O–H groups in total. The molecule has 418 valence electrons. The summed E-state index contributed by atoms with van der Waals surface area (Å²) in [5.41, 5.74) is -3.37. The van der Waals surface area contributed by atoms with E-state index in [0.717, 1.165) is 65.5 Å². The summed E-state index contributed by atoms with van der Waals surface area (Å²) in [7, 11) is 1.66. The van der Waals surface area contributed by atoms with E-state index in [1.54, 1.807) is 36.7 Å². The molecule has 3 aliphatic rings. The number of alkyl halides is 6. The maximum Gasteiger partial charge on any atom is 0.407 e. The molecule has 77 heavy (non-hydrogen) atoms. The van der Waals surface area contributed by atoms with Gasteiger partial charge in [-0.15, -0.1) is 0 Å². The van der Waals surface area contributed by atoms with Gasteiger partial charge in [-0.25, -0.2) is 43.3 Å². The van der Waals surface area contributed by atoms with Crippen molar-refractivity contribution >= 4 is 29.9 Å². The molecule has 3 aliphatic heterocycles. The molecule has 2 aromatic heterocycles. The number of ether oxygens (including phenoxy) is 3. The van der Waals surface area contributed by atoms with E-state index < -0.39 is 108 Å². The molecule has 4 amide bonds. The summed E-state index contributed by atoms with van der Waals surface area (Å²) in [6.07, 6.45) is -7.71. The quantitative estimate of drug-likeness (QED) is 0.0579. The lowest BCUT2D eigenvalue weighted by Gasteiger charge is -2.47. The van der Waals surface area contributed by atoms with Crippen molar-refractivity contribution in [2.45, 2.75) is 108 Å². The summed E-state index contributed by atoms with van der Waals surface area (Å²) in [5.74, 6) is -5.22. The Morgan fingerprint density at radius 3 is 1.74 bits per heavy atom. The minimum atomic E-state index is -5.19. The molecule has 3 fully saturated rings. The third kappa shape index (κ3) is 13.1. The number of fused-ring (bicyclic) bond motifs is 2. The van der Waals surface area contributed by atoms with Crippen molar-refractivity contribution < 1.29 is 73.6 Å². The van der Waals surface area contributed by atoms with Crippen molar-refractivity contribution in [3.05, 3.63) is 90.0 Å². The predicted octanol–water partition coefficient (Wildman–Crippen LogP) is 5.48. The average molecular weight is 1090 g/mol. The number of alkyl carbamates (subject to hydrolysis) is 2. The first kappa shape index (κ1) is 57.9. The van der Waals surface area contributed by atoms with Crippen LogP contribution in [0.4, 0.5) is 50.7 Å². The number of benzene rings is 2. The Kier molecular flexibility index (Phi) is 17.6. The first-order chi connectivity index (χ1) is 36.2. The summed E-state index contributed by atoms with van der Waals surface area (Å²) < 4.78 is 134. The molecule has 0 spiro atoms. The highest BCUT2D eigenvalue weighted by Gasteiger charge is 2.57. The summed E-state index contributed by atoms with van der Waals surface area (Å²) in [5, 5.41) is 18.7. The van der Waals surface area contributed by atoms with Gasteiger partial charge in [0, 0.05) is 79.7 Å². The zero-order valence-electron chi connectivity index (χ0n) is 42.7. The minimum Gasteiger partial charge on any atom is -0.453 e. The number of carbonyl (C=O) groups is 4. The lowest BCUT2D eigenvalue weighted by atomic mass is 9.82. The molecule has 5 heterocycles. The van der Waals surface area contributed by atoms with E-state index in [1.165, 1.54) is 18.5 Å². The number of amides is 4. The number of nitrogens with zero attached hydrogens (tertiary/aromatic N) is 7. The first-order valence-electron chi connectivity index (χ1n) is 24.3. The summed E-state index contributed by atoms with van der Waals surface area (Å²) in [4.78, 5) is 74.9. The zero-order valence-corrected chi connectivity index (χ0v) is 42.7. The zero-order chi connectivity index (χ0) is 56.2. The molecular weight excluding hydrogens is 1030 g/mol. The van der Waals surface area contributed by atoms with E-state index >= 15 is 8.78 Å². The van der Waals surface area contributed by atoms with Crippen LogP contribution < -0.4 is 26.3 Å². The average Bonchev–Trinajstić information content (AvgIpc) is 3.62. The number of hydrogen-bond donors (Lipinski definition) is 5. The van der Waals surface area contributed by atoms with Crippen LogP contribution in [0.15, 0.2) is 67.3 Å². The second-order valence-corrected chi connectivity index (χ2v) is 20.2. The lowest BCUT2D eigenvalue weighted by molar-refractivity contribution is -0.221. The Morgan fingerprint density at radius 1 is 0.740 bits per heavy atom. The van der Waals surface area contributed by atoms with Gasteiger partial charge in [0.15, 0.2) is 5.82 Å². The molecule has 2 aromatic carbocycles. The van der Waals surface area contributed by atoms with Crippen molar-refractivity contribution in [3.63, 3.8) is 0 Å². The van der Waals surface area contributed by atoms with Crippen molar-refractivity contribution in [1.82, 2.24) is 51.2 Å². The molecular formula is C50H59F8N11O8. The fourth-order valence-electron chi connectivity index (χ4n) is 9.43. The van der Waals surface area contributed by atoms with Crippen molar-refractivity contribution in [1.29, 1.82) is 0 Å². The number of methoxy groups -OCH3 is 2. The van der Waals surface area contributed by atoms with Gasteiger partial charge in [-0.05, 0) is 76.3 Å². The predicted molar refractivity (Wildman–Crippen MR) is 259 cm³/mol. The number of halogens is 8. The fraction of sp³-hybridized carbons (Fsp3) is 0.520. The summed E-state index contributed by atoms with van der Waals surface area (Å²) in [6.45, 7) is 3.29.